The van der Waals surface area contributed by atoms with Crippen molar-refractivity contribution in [1.82, 2.24) is 15.5 Å². The van der Waals surface area contributed by atoms with Gasteiger partial charge in [-0.05, 0) is 52.9 Å². The number of amides is 1. The number of likely N-dealkylation sites (N-methyl/N-ethyl adjacent to an activating group) is 1. The van der Waals surface area contributed by atoms with Gasteiger partial charge in [0, 0.05) is 17.5 Å². The van der Waals surface area contributed by atoms with E-state index in [0.29, 0.717) is 0 Å². The lowest BCUT2D eigenvalue weighted by molar-refractivity contribution is -0.132. The number of nitrogens with one attached hydrogen (secondary N) is 2. The molecule has 0 unspecified atom stereocenters. The third-order valence-corrected chi connectivity index (χ3v) is 5.57. The monoisotopic (exact) mass is 281 g/mol. The van der Waals surface area contributed by atoms with E-state index < -0.39 is 0 Å². The molecule has 1 saturated carbocycles. The molecule has 2 aliphatic rings. The summed E-state index contributed by atoms with van der Waals surface area (Å²) in [6.45, 7) is 4.85. The summed E-state index contributed by atoms with van der Waals surface area (Å²) < 4.78 is 0. The van der Waals surface area contributed by atoms with Crippen LogP contribution in [0.5, 0.6) is 0 Å². The zero-order chi connectivity index (χ0) is 14.6. The van der Waals surface area contributed by atoms with E-state index >= 15 is 0 Å². The van der Waals surface area contributed by atoms with Gasteiger partial charge in [0.15, 0.2) is 0 Å². The molecule has 4 nitrogen and oxygen atoms in total. The van der Waals surface area contributed by atoms with Crippen molar-refractivity contribution >= 4 is 5.91 Å². The second kappa shape index (κ2) is 6.44. The fourth-order valence-electron chi connectivity index (χ4n) is 3.66. The Morgan fingerprint density at radius 2 is 1.70 bits per heavy atom. The summed E-state index contributed by atoms with van der Waals surface area (Å²) >= 11 is 0. The molecule has 2 rings (SSSR count). The largest absolute Gasteiger partial charge is 0.354 e. The lowest BCUT2D eigenvalue weighted by atomic mass is 9.78. The van der Waals surface area contributed by atoms with E-state index in [4.69, 9.17) is 0 Å². The van der Waals surface area contributed by atoms with E-state index in [9.17, 15) is 4.79 Å². The van der Waals surface area contributed by atoms with Crippen molar-refractivity contribution in [3.8, 4) is 0 Å². The fourth-order valence-corrected chi connectivity index (χ4v) is 3.66. The molecule has 20 heavy (non-hydrogen) atoms. The minimum absolute atomic E-state index is 0.173. The molecule has 1 amide bonds. The number of piperidine rings is 1. The van der Waals surface area contributed by atoms with Crippen molar-refractivity contribution in [2.24, 2.45) is 5.41 Å². The Labute approximate surface area is 123 Å². The molecule has 2 N–H and O–H groups in total. The van der Waals surface area contributed by atoms with Crippen molar-refractivity contribution in [2.75, 3.05) is 33.7 Å². The minimum atomic E-state index is -0.173. The molecule has 0 aromatic carbocycles. The Balaban J connectivity index is 1.93. The summed E-state index contributed by atoms with van der Waals surface area (Å²) in [7, 11) is 4.31. The first-order valence-corrected chi connectivity index (χ1v) is 8.15. The topological polar surface area (TPSA) is 44.4 Å². The van der Waals surface area contributed by atoms with Crippen LogP contribution in [-0.2, 0) is 4.79 Å². The van der Waals surface area contributed by atoms with E-state index in [1.165, 1.54) is 32.1 Å². The third kappa shape index (κ3) is 3.34. The van der Waals surface area contributed by atoms with Gasteiger partial charge in [0.1, 0.15) is 0 Å². The third-order valence-electron chi connectivity index (χ3n) is 5.57. The van der Waals surface area contributed by atoms with E-state index in [0.717, 1.165) is 32.5 Å². The predicted octanol–water partition coefficient (Wildman–Crippen LogP) is 1.76. The van der Waals surface area contributed by atoms with Crippen molar-refractivity contribution in [2.45, 2.75) is 57.4 Å². The Bertz CT molecular complexity index is 329. The van der Waals surface area contributed by atoms with Gasteiger partial charge in [0.05, 0.1) is 0 Å². The van der Waals surface area contributed by atoms with E-state index in [1.54, 1.807) is 0 Å². The Kier molecular flexibility index (Phi) is 5.08. The molecular formula is C16H31N3O. The number of carbonyl (C=O) groups excluding carboxylic acids is 1. The smallest absolute Gasteiger partial charge is 0.226 e. The molecule has 0 bridgehead atoms. The highest BCUT2D eigenvalue weighted by molar-refractivity contribution is 5.82. The van der Waals surface area contributed by atoms with Crippen LogP contribution in [0.1, 0.15) is 51.9 Å². The van der Waals surface area contributed by atoms with Gasteiger partial charge in [0.2, 0.25) is 5.91 Å². The quantitative estimate of drug-likeness (QED) is 0.825. The first-order valence-electron chi connectivity index (χ1n) is 8.15. The van der Waals surface area contributed by atoms with Gasteiger partial charge in [-0.3, -0.25) is 4.79 Å². The maximum Gasteiger partial charge on any atom is 0.226 e. The molecule has 0 radical (unpaired) electrons. The Hall–Kier alpha value is -0.610. The first kappa shape index (κ1) is 15.8. The van der Waals surface area contributed by atoms with Gasteiger partial charge >= 0.3 is 0 Å². The maximum atomic E-state index is 12.6. The van der Waals surface area contributed by atoms with Crippen LogP contribution in [0.25, 0.3) is 0 Å². The van der Waals surface area contributed by atoms with Crippen LogP contribution in [0.15, 0.2) is 0 Å². The highest BCUT2D eigenvalue weighted by atomic mass is 16.2. The van der Waals surface area contributed by atoms with Crippen LogP contribution in [0.3, 0.4) is 0 Å². The fraction of sp³-hybridized carbons (Fsp3) is 0.938. The van der Waals surface area contributed by atoms with Crippen molar-refractivity contribution in [1.29, 1.82) is 0 Å². The van der Waals surface area contributed by atoms with Gasteiger partial charge < -0.3 is 15.5 Å². The van der Waals surface area contributed by atoms with E-state index in [2.05, 4.69) is 36.6 Å². The number of nitrogens with zero attached hydrogens (tertiary/aromatic N) is 1. The molecule has 1 aliphatic heterocycles. The average molecular weight is 281 g/mol. The zero-order valence-electron chi connectivity index (χ0n) is 13.4. The summed E-state index contributed by atoms with van der Waals surface area (Å²) in [5.41, 5.74) is 0.00457. The van der Waals surface area contributed by atoms with Crippen LogP contribution >= 0.6 is 0 Å². The molecule has 1 aliphatic carbocycles. The van der Waals surface area contributed by atoms with Crippen LogP contribution in [0.2, 0.25) is 0 Å². The minimum Gasteiger partial charge on any atom is -0.354 e. The van der Waals surface area contributed by atoms with Crippen molar-refractivity contribution < 1.29 is 4.79 Å². The average Bonchev–Trinajstić information content (AvgIpc) is 2.46. The molecule has 116 valence electrons. The molecule has 0 aromatic heterocycles. The second-order valence-electron chi connectivity index (χ2n) is 7.17. The molecule has 1 heterocycles. The maximum absolute atomic E-state index is 12.6. The van der Waals surface area contributed by atoms with E-state index in [1.807, 2.05) is 0 Å². The second-order valence-corrected chi connectivity index (χ2v) is 7.17. The Morgan fingerprint density at radius 1 is 1.10 bits per heavy atom. The lowest BCUT2D eigenvalue weighted by Gasteiger charge is -2.44. The predicted molar refractivity (Wildman–Crippen MR) is 82.7 cm³/mol. The molecule has 0 atom stereocenters. The van der Waals surface area contributed by atoms with Crippen LogP contribution in [-0.4, -0.2) is 50.1 Å². The van der Waals surface area contributed by atoms with Crippen LogP contribution in [0.4, 0.5) is 0 Å². The lowest BCUT2D eigenvalue weighted by Crippen LogP contribution is -2.56. The van der Waals surface area contributed by atoms with Gasteiger partial charge in [-0.2, -0.15) is 0 Å². The molecule has 2 fully saturated rings. The number of carbonyl (C=O) groups is 1. The van der Waals surface area contributed by atoms with Crippen molar-refractivity contribution in [3.63, 3.8) is 0 Å². The number of rotatable bonds is 4. The normalized spacial score (nSPS) is 25.4. The molecule has 1 saturated heterocycles. The standard InChI is InChI=1S/C16H31N3O/c1-15(9-11-17-12-10-15)14(20)18-13-16(19(2)3)7-5-4-6-8-16/h17H,4-13H2,1-3H3,(H,18,20). The molecule has 0 spiro atoms. The summed E-state index contributed by atoms with van der Waals surface area (Å²) in [5.74, 6) is 0.255. The van der Waals surface area contributed by atoms with Gasteiger partial charge in [0.25, 0.3) is 0 Å². The van der Waals surface area contributed by atoms with Crippen LogP contribution < -0.4 is 10.6 Å². The van der Waals surface area contributed by atoms with Crippen molar-refractivity contribution in [3.05, 3.63) is 0 Å². The molecule has 0 aromatic rings. The molecular weight excluding hydrogens is 250 g/mol. The van der Waals surface area contributed by atoms with Gasteiger partial charge in [-0.15, -0.1) is 0 Å². The zero-order valence-corrected chi connectivity index (χ0v) is 13.4. The SMILES string of the molecule is CN(C)C1(CNC(=O)C2(C)CCNCC2)CCCCC1. The molecule has 4 heteroatoms. The number of hydrogen-bond donors (Lipinski definition) is 2. The van der Waals surface area contributed by atoms with Gasteiger partial charge in [-0.25, -0.2) is 0 Å². The van der Waals surface area contributed by atoms with Crippen LogP contribution in [0, 0.1) is 5.41 Å². The summed E-state index contributed by atoms with van der Waals surface area (Å²) in [5, 5.41) is 6.61. The first-order chi connectivity index (χ1) is 9.49. The Morgan fingerprint density at radius 3 is 2.25 bits per heavy atom. The number of hydrogen-bond acceptors (Lipinski definition) is 3. The van der Waals surface area contributed by atoms with E-state index in [-0.39, 0.29) is 16.9 Å². The summed E-state index contributed by atoms with van der Waals surface area (Å²) in [6, 6.07) is 0. The van der Waals surface area contributed by atoms with Gasteiger partial charge in [-0.1, -0.05) is 26.2 Å². The summed E-state index contributed by atoms with van der Waals surface area (Å²) in [6.07, 6.45) is 8.23. The highest BCUT2D eigenvalue weighted by Gasteiger charge is 2.38. The summed E-state index contributed by atoms with van der Waals surface area (Å²) in [4.78, 5) is 14.9. The highest BCUT2D eigenvalue weighted by Crippen LogP contribution is 2.33.